The zero-order valence-electron chi connectivity index (χ0n) is 12.6. The average Bonchev–Trinajstić information content (AvgIpc) is 3.19. The quantitative estimate of drug-likeness (QED) is 0.886. The van der Waals surface area contributed by atoms with Crippen LogP contribution in [0.5, 0.6) is 0 Å². The highest BCUT2D eigenvalue weighted by atomic mass is 19.4. The molecule has 0 saturated carbocycles. The van der Waals surface area contributed by atoms with Crippen LogP contribution < -0.4 is 10.6 Å². The molecule has 2 aromatic heterocycles. The number of alkyl halides is 3. The molecule has 2 N–H and O–H groups in total. The van der Waals surface area contributed by atoms with Gasteiger partial charge in [0, 0.05) is 19.3 Å². The Labute approximate surface area is 135 Å². The molecule has 1 fully saturated rings. The van der Waals surface area contributed by atoms with Crippen molar-refractivity contribution in [2.45, 2.75) is 31.7 Å². The van der Waals surface area contributed by atoms with Gasteiger partial charge in [-0.05, 0) is 25.0 Å². The molecule has 1 aliphatic rings. The van der Waals surface area contributed by atoms with Gasteiger partial charge in [-0.2, -0.15) is 13.2 Å². The molecule has 0 radical (unpaired) electrons. The lowest BCUT2D eigenvalue weighted by Crippen LogP contribution is -2.39. The molecule has 0 bridgehead atoms. The van der Waals surface area contributed by atoms with E-state index < -0.39 is 17.8 Å². The van der Waals surface area contributed by atoms with Crippen molar-refractivity contribution < 1.29 is 22.7 Å². The van der Waals surface area contributed by atoms with Crippen molar-refractivity contribution in [1.82, 2.24) is 25.2 Å². The third kappa shape index (κ3) is 3.75. The van der Waals surface area contributed by atoms with Gasteiger partial charge >= 0.3 is 12.2 Å². The molecule has 3 heterocycles. The van der Waals surface area contributed by atoms with E-state index in [9.17, 15) is 18.0 Å². The molecule has 24 heavy (non-hydrogen) atoms. The maximum atomic E-state index is 12.7. The van der Waals surface area contributed by atoms with Gasteiger partial charge in [0.25, 0.3) is 0 Å². The van der Waals surface area contributed by atoms with Crippen molar-refractivity contribution >= 4 is 11.7 Å². The van der Waals surface area contributed by atoms with Crippen molar-refractivity contribution in [3.8, 4) is 0 Å². The summed E-state index contributed by atoms with van der Waals surface area (Å²) < 4.78 is 44.8. The molecule has 0 aliphatic carbocycles. The maximum absolute atomic E-state index is 12.7. The number of pyridine rings is 1. The molecule has 2 aromatic rings. The van der Waals surface area contributed by atoms with E-state index in [4.69, 9.17) is 4.74 Å². The van der Waals surface area contributed by atoms with Gasteiger partial charge in [-0.3, -0.25) is 4.40 Å². The smallest absolute Gasteiger partial charge is 0.376 e. The molecular formula is C14H16F3N5O2. The second-order valence-corrected chi connectivity index (χ2v) is 5.46. The average molecular weight is 343 g/mol. The van der Waals surface area contributed by atoms with Gasteiger partial charge in [0.15, 0.2) is 11.5 Å². The number of carbonyl (C=O) groups is 1. The number of rotatable bonds is 4. The number of urea groups is 1. The van der Waals surface area contributed by atoms with Crippen LogP contribution in [-0.2, 0) is 17.5 Å². The molecule has 130 valence electrons. The molecule has 3 rings (SSSR count). The first kappa shape index (κ1) is 16.5. The van der Waals surface area contributed by atoms with E-state index in [0.29, 0.717) is 19.0 Å². The van der Waals surface area contributed by atoms with Gasteiger partial charge in [-0.1, -0.05) is 0 Å². The second kappa shape index (κ2) is 6.63. The molecule has 0 aromatic carbocycles. The Bertz CT molecular complexity index is 725. The second-order valence-electron chi connectivity index (χ2n) is 5.46. The number of nitrogens with zero attached hydrogens (tertiary/aromatic N) is 3. The summed E-state index contributed by atoms with van der Waals surface area (Å²) in [7, 11) is 0. The van der Waals surface area contributed by atoms with Crippen LogP contribution in [0, 0.1) is 0 Å². The first-order valence-corrected chi connectivity index (χ1v) is 7.47. The van der Waals surface area contributed by atoms with E-state index in [1.807, 2.05) is 0 Å². The first-order chi connectivity index (χ1) is 11.4. The minimum Gasteiger partial charge on any atom is -0.376 e. The van der Waals surface area contributed by atoms with Gasteiger partial charge in [0.2, 0.25) is 0 Å². The van der Waals surface area contributed by atoms with Crippen LogP contribution in [0.4, 0.5) is 18.0 Å². The summed E-state index contributed by atoms with van der Waals surface area (Å²) >= 11 is 0. The van der Waals surface area contributed by atoms with Crippen LogP contribution in [-0.4, -0.2) is 39.9 Å². The number of nitrogens with one attached hydrogen (secondary N) is 2. The molecule has 1 saturated heterocycles. The van der Waals surface area contributed by atoms with Crippen LogP contribution in [0.3, 0.4) is 0 Å². The fourth-order valence-electron chi connectivity index (χ4n) is 2.47. The van der Waals surface area contributed by atoms with Crippen LogP contribution in [0.15, 0.2) is 18.3 Å². The number of aromatic nitrogens is 3. The van der Waals surface area contributed by atoms with Crippen LogP contribution in [0.25, 0.3) is 5.65 Å². The fourth-order valence-corrected chi connectivity index (χ4v) is 2.47. The van der Waals surface area contributed by atoms with Crippen molar-refractivity contribution in [2.75, 3.05) is 13.2 Å². The van der Waals surface area contributed by atoms with Crippen molar-refractivity contribution in [3.05, 3.63) is 29.7 Å². The SMILES string of the molecule is O=C(NCc1nnc2cc(C(F)(F)F)ccn12)NCC1CCCO1. The molecule has 1 aliphatic heterocycles. The number of halogens is 3. The van der Waals surface area contributed by atoms with Crippen molar-refractivity contribution in [3.63, 3.8) is 0 Å². The predicted molar refractivity (Wildman–Crippen MR) is 77.2 cm³/mol. The number of hydrogen-bond acceptors (Lipinski definition) is 4. The number of fused-ring (bicyclic) bond motifs is 1. The predicted octanol–water partition coefficient (Wildman–Crippen LogP) is 1.73. The Morgan fingerprint density at radius 2 is 2.21 bits per heavy atom. The van der Waals surface area contributed by atoms with Crippen molar-refractivity contribution in [2.24, 2.45) is 0 Å². The highest BCUT2D eigenvalue weighted by molar-refractivity contribution is 5.73. The zero-order chi connectivity index (χ0) is 17.2. The van der Waals surface area contributed by atoms with E-state index in [2.05, 4.69) is 20.8 Å². The summed E-state index contributed by atoms with van der Waals surface area (Å²) in [6, 6.07) is 1.46. The number of ether oxygens (including phenoxy) is 1. The minimum atomic E-state index is -4.44. The van der Waals surface area contributed by atoms with Crippen LogP contribution in [0.1, 0.15) is 24.2 Å². The highest BCUT2D eigenvalue weighted by Crippen LogP contribution is 2.29. The monoisotopic (exact) mass is 343 g/mol. The largest absolute Gasteiger partial charge is 0.416 e. The maximum Gasteiger partial charge on any atom is 0.416 e. The first-order valence-electron chi connectivity index (χ1n) is 7.47. The standard InChI is InChI=1S/C14H16F3N5O2/c15-14(16,17)9-3-4-22-11(6-9)20-21-12(22)8-19-13(23)18-7-10-2-1-5-24-10/h3-4,6,10H,1-2,5,7-8H2,(H2,18,19,23). The lowest BCUT2D eigenvalue weighted by atomic mass is 10.2. The normalized spacial score (nSPS) is 18.0. The van der Waals surface area contributed by atoms with Gasteiger partial charge in [-0.25, -0.2) is 4.79 Å². The highest BCUT2D eigenvalue weighted by Gasteiger charge is 2.31. The Kier molecular flexibility index (Phi) is 4.56. The molecule has 2 amide bonds. The van der Waals surface area contributed by atoms with E-state index in [0.717, 1.165) is 25.0 Å². The Morgan fingerprint density at radius 3 is 2.92 bits per heavy atom. The van der Waals surface area contributed by atoms with Gasteiger partial charge in [-0.15, -0.1) is 10.2 Å². The Balaban J connectivity index is 1.58. The summed E-state index contributed by atoms with van der Waals surface area (Å²) in [6.07, 6.45) is -1.27. The molecular weight excluding hydrogens is 327 g/mol. The number of amides is 2. The molecule has 7 nitrogen and oxygen atoms in total. The lowest BCUT2D eigenvalue weighted by Gasteiger charge is -2.11. The van der Waals surface area contributed by atoms with Crippen LogP contribution >= 0.6 is 0 Å². The third-order valence-electron chi connectivity index (χ3n) is 3.73. The van der Waals surface area contributed by atoms with E-state index in [-0.39, 0.29) is 18.3 Å². The minimum absolute atomic E-state index is 0.0328. The summed E-state index contributed by atoms with van der Waals surface area (Å²) in [4.78, 5) is 11.7. The summed E-state index contributed by atoms with van der Waals surface area (Å²) in [6.45, 7) is 1.17. The summed E-state index contributed by atoms with van der Waals surface area (Å²) in [5, 5.41) is 12.8. The molecule has 0 spiro atoms. The zero-order valence-corrected chi connectivity index (χ0v) is 12.6. The summed E-state index contributed by atoms with van der Waals surface area (Å²) in [5.41, 5.74) is -0.724. The summed E-state index contributed by atoms with van der Waals surface area (Å²) in [5.74, 6) is 0.339. The molecule has 1 unspecified atom stereocenters. The molecule has 1 atom stereocenters. The van der Waals surface area contributed by atoms with E-state index >= 15 is 0 Å². The fraction of sp³-hybridized carbons (Fsp3) is 0.500. The Hall–Kier alpha value is -2.36. The van der Waals surface area contributed by atoms with Crippen LogP contribution in [0.2, 0.25) is 0 Å². The third-order valence-corrected chi connectivity index (χ3v) is 3.73. The van der Waals surface area contributed by atoms with E-state index in [1.54, 1.807) is 0 Å². The van der Waals surface area contributed by atoms with Crippen molar-refractivity contribution in [1.29, 1.82) is 0 Å². The Morgan fingerprint density at radius 1 is 1.38 bits per heavy atom. The molecule has 10 heteroatoms. The topological polar surface area (TPSA) is 80.6 Å². The lowest BCUT2D eigenvalue weighted by molar-refractivity contribution is -0.137. The van der Waals surface area contributed by atoms with Gasteiger partial charge in [0.1, 0.15) is 0 Å². The number of carbonyl (C=O) groups excluding carboxylic acids is 1. The van der Waals surface area contributed by atoms with Gasteiger partial charge < -0.3 is 15.4 Å². The number of hydrogen-bond donors (Lipinski definition) is 2. The van der Waals surface area contributed by atoms with E-state index in [1.165, 1.54) is 10.6 Å². The van der Waals surface area contributed by atoms with Gasteiger partial charge in [0.05, 0.1) is 18.2 Å².